The number of aliphatic hydroxyl groups is 1. The molecule has 0 amide bonds. The second kappa shape index (κ2) is 11.5. The van der Waals surface area contributed by atoms with Crippen molar-refractivity contribution in [3.05, 3.63) is 22.7 Å². The number of esters is 1. The number of hydrogen-bond acceptors (Lipinski definition) is 9. The number of anilines is 1. The molecule has 0 spiro atoms. The number of nitrogens with two attached hydrogens (primary N) is 1. The zero-order valence-corrected chi connectivity index (χ0v) is 18.0. The Hall–Kier alpha value is -1.92. The summed E-state index contributed by atoms with van der Waals surface area (Å²) in [5.74, 6) is -3.87. The van der Waals surface area contributed by atoms with Gasteiger partial charge >= 0.3 is 11.7 Å². The molecule has 1 rings (SSSR count). The minimum atomic E-state index is -3.18. The average molecular weight is 456 g/mol. The molecular formula is C16H27F2N4O7P. The van der Waals surface area contributed by atoms with Crippen LogP contribution in [0.1, 0.15) is 33.9 Å². The van der Waals surface area contributed by atoms with E-state index in [1.54, 1.807) is 13.8 Å². The van der Waals surface area contributed by atoms with Crippen molar-refractivity contribution in [3.8, 4) is 0 Å². The van der Waals surface area contributed by atoms with Crippen LogP contribution in [0.3, 0.4) is 0 Å². The standard InChI is InChI=1S/C16H27F2N4O7P/c1-9(2)28-14(24)10(3)21-30(26)27-8-16(18,11(4)23)29-13(7-17)22-6-5-12(19)20-15(22)25/h5-6,9-11,13,23,30H,7-8H2,1-4H3,(H,21,26)(H2,19,20,25)/t10-,11-,13+,16+/m0/s1. The van der Waals surface area contributed by atoms with Gasteiger partial charge in [-0.2, -0.15) is 4.98 Å². The molecule has 0 aromatic carbocycles. The third-order valence-electron chi connectivity index (χ3n) is 3.69. The van der Waals surface area contributed by atoms with Crippen LogP contribution in [0.5, 0.6) is 0 Å². The van der Waals surface area contributed by atoms with Crippen molar-refractivity contribution in [1.29, 1.82) is 0 Å². The molecule has 1 aromatic rings. The molecule has 0 aliphatic carbocycles. The second-order valence-electron chi connectivity index (χ2n) is 6.66. The van der Waals surface area contributed by atoms with Crippen LogP contribution in [0.2, 0.25) is 0 Å². The maximum atomic E-state index is 15.1. The molecule has 30 heavy (non-hydrogen) atoms. The smallest absolute Gasteiger partial charge is 0.351 e. The molecule has 1 aromatic heterocycles. The molecule has 0 saturated carbocycles. The number of nitrogens with one attached hydrogen (secondary N) is 1. The number of aliphatic hydroxyl groups excluding tert-OH is 1. The first-order chi connectivity index (χ1) is 13.9. The van der Waals surface area contributed by atoms with Gasteiger partial charge in [-0.25, -0.2) is 18.7 Å². The van der Waals surface area contributed by atoms with Gasteiger partial charge in [-0.3, -0.25) is 13.9 Å². The van der Waals surface area contributed by atoms with E-state index in [4.69, 9.17) is 19.7 Å². The van der Waals surface area contributed by atoms with Crippen LogP contribution >= 0.6 is 8.18 Å². The molecular weight excluding hydrogens is 429 g/mol. The second-order valence-corrected chi connectivity index (χ2v) is 7.81. The quantitative estimate of drug-likeness (QED) is 0.302. The Balaban J connectivity index is 2.82. The molecule has 0 saturated heterocycles. The zero-order chi connectivity index (χ0) is 23.1. The zero-order valence-electron chi connectivity index (χ0n) is 17.0. The summed E-state index contributed by atoms with van der Waals surface area (Å²) < 4.78 is 55.9. The molecule has 0 radical (unpaired) electrons. The van der Waals surface area contributed by atoms with Crippen LogP contribution in [-0.4, -0.2) is 58.0 Å². The van der Waals surface area contributed by atoms with Gasteiger partial charge < -0.3 is 24.8 Å². The van der Waals surface area contributed by atoms with E-state index < -0.39 is 63.5 Å². The normalized spacial score (nSPS) is 17.7. The van der Waals surface area contributed by atoms with E-state index in [0.29, 0.717) is 4.57 Å². The van der Waals surface area contributed by atoms with Gasteiger partial charge in [-0.1, -0.05) is 0 Å². The van der Waals surface area contributed by atoms with E-state index in [1.807, 2.05) is 0 Å². The highest BCUT2D eigenvalue weighted by Gasteiger charge is 2.41. The Morgan fingerprint density at radius 3 is 2.57 bits per heavy atom. The Morgan fingerprint density at radius 1 is 1.43 bits per heavy atom. The monoisotopic (exact) mass is 456 g/mol. The summed E-state index contributed by atoms with van der Waals surface area (Å²) in [6, 6.07) is 0.158. The molecule has 5 atom stereocenters. The van der Waals surface area contributed by atoms with Crippen molar-refractivity contribution < 1.29 is 37.2 Å². The first kappa shape index (κ1) is 26.1. The lowest BCUT2D eigenvalue weighted by Crippen LogP contribution is -2.46. The van der Waals surface area contributed by atoms with Gasteiger partial charge in [0.25, 0.3) is 14.0 Å². The van der Waals surface area contributed by atoms with Crippen LogP contribution in [0.25, 0.3) is 0 Å². The topological polar surface area (TPSA) is 155 Å². The molecule has 1 unspecified atom stereocenters. The summed E-state index contributed by atoms with van der Waals surface area (Å²) >= 11 is 0. The van der Waals surface area contributed by atoms with Crippen LogP contribution in [0.15, 0.2) is 17.1 Å². The third kappa shape index (κ3) is 7.73. The van der Waals surface area contributed by atoms with E-state index >= 15 is 4.39 Å². The average Bonchev–Trinajstić information content (AvgIpc) is 2.64. The van der Waals surface area contributed by atoms with Crippen molar-refractivity contribution >= 4 is 20.0 Å². The fourth-order valence-corrected chi connectivity index (χ4v) is 2.95. The van der Waals surface area contributed by atoms with Crippen molar-refractivity contribution in [3.63, 3.8) is 0 Å². The van der Waals surface area contributed by atoms with Gasteiger partial charge in [0.15, 0.2) is 6.23 Å². The number of aromatic nitrogens is 2. The summed E-state index contributed by atoms with van der Waals surface area (Å²) in [5.41, 5.74) is 4.35. The van der Waals surface area contributed by atoms with E-state index in [1.165, 1.54) is 13.0 Å². The van der Waals surface area contributed by atoms with Crippen LogP contribution in [0.4, 0.5) is 14.6 Å². The Morgan fingerprint density at radius 2 is 2.07 bits per heavy atom. The maximum absolute atomic E-state index is 15.1. The number of carbonyl (C=O) groups is 1. The van der Waals surface area contributed by atoms with Crippen LogP contribution in [-0.2, 0) is 23.4 Å². The largest absolute Gasteiger partial charge is 0.462 e. The number of carbonyl (C=O) groups excluding carboxylic acids is 1. The highest BCUT2D eigenvalue weighted by molar-refractivity contribution is 7.36. The summed E-state index contributed by atoms with van der Waals surface area (Å²) in [6.07, 6.45) is -3.01. The SMILES string of the molecule is CC(C)OC(=O)[C@H](C)N[PH](=O)OC[C@@](F)(O[C@H](CF)n1ccc(N)nc1=O)[C@H](C)O. The predicted octanol–water partition coefficient (Wildman–Crippen LogP) is 0.693. The molecule has 172 valence electrons. The minimum absolute atomic E-state index is 0.131. The Labute approximate surface area is 172 Å². The fourth-order valence-electron chi connectivity index (χ4n) is 2.06. The number of nitrogens with zero attached hydrogens (tertiary/aromatic N) is 2. The first-order valence-electron chi connectivity index (χ1n) is 8.98. The van der Waals surface area contributed by atoms with Crippen molar-refractivity contribution in [1.82, 2.24) is 14.6 Å². The maximum Gasteiger partial charge on any atom is 0.351 e. The third-order valence-corrected chi connectivity index (χ3v) is 4.76. The van der Waals surface area contributed by atoms with Gasteiger partial charge in [0.2, 0.25) is 0 Å². The molecule has 11 nitrogen and oxygen atoms in total. The van der Waals surface area contributed by atoms with E-state index in [-0.39, 0.29) is 5.82 Å². The summed E-state index contributed by atoms with van der Waals surface area (Å²) in [6.45, 7) is 3.18. The summed E-state index contributed by atoms with van der Waals surface area (Å²) in [4.78, 5) is 26.9. The number of ether oxygens (including phenoxy) is 2. The molecule has 1 heterocycles. The molecule has 0 fully saturated rings. The highest BCUT2D eigenvalue weighted by Crippen LogP contribution is 2.29. The van der Waals surface area contributed by atoms with E-state index in [2.05, 4.69) is 10.1 Å². The van der Waals surface area contributed by atoms with E-state index in [0.717, 1.165) is 13.1 Å². The van der Waals surface area contributed by atoms with Crippen molar-refractivity contribution in [2.45, 2.75) is 58.0 Å². The Kier molecular flexibility index (Phi) is 9.98. The van der Waals surface area contributed by atoms with E-state index in [9.17, 15) is 23.7 Å². The summed E-state index contributed by atoms with van der Waals surface area (Å²) in [5, 5.41) is 12.1. The number of nitrogen functional groups attached to an aromatic ring is 1. The summed E-state index contributed by atoms with van der Waals surface area (Å²) in [7, 11) is -3.18. The molecule has 0 bridgehead atoms. The predicted molar refractivity (Wildman–Crippen MR) is 103 cm³/mol. The lowest BCUT2D eigenvalue weighted by Gasteiger charge is -2.31. The fraction of sp³-hybridized carbons (Fsp3) is 0.688. The first-order valence-corrected chi connectivity index (χ1v) is 10.3. The van der Waals surface area contributed by atoms with Gasteiger partial charge in [0, 0.05) is 6.20 Å². The molecule has 0 aliphatic heterocycles. The van der Waals surface area contributed by atoms with Crippen molar-refractivity contribution in [2.75, 3.05) is 19.0 Å². The van der Waals surface area contributed by atoms with Gasteiger partial charge in [0.05, 0.1) is 6.10 Å². The van der Waals surface area contributed by atoms with Gasteiger partial charge in [-0.15, -0.1) is 0 Å². The number of rotatable bonds is 12. The number of halogens is 2. The van der Waals surface area contributed by atoms with Crippen LogP contribution in [0, 0.1) is 0 Å². The minimum Gasteiger partial charge on any atom is -0.462 e. The highest BCUT2D eigenvalue weighted by atomic mass is 31.1. The lowest BCUT2D eigenvalue weighted by molar-refractivity contribution is -0.260. The molecule has 4 N–H and O–H groups in total. The van der Waals surface area contributed by atoms with Gasteiger partial charge in [-0.05, 0) is 33.8 Å². The Bertz CT molecular complexity index is 795. The molecule has 0 aliphatic rings. The number of alkyl halides is 2. The lowest BCUT2D eigenvalue weighted by atomic mass is 10.2. The van der Waals surface area contributed by atoms with Gasteiger partial charge in [0.1, 0.15) is 31.2 Å². The molecule has 14 heteroatoms. The van der Waals surface area contributed by atoms with Crippen LogP contribution < -0.4 is 16.5 Å². The number of hydrogen-bond donors (Lipinski definition) is 3. The van der Waals surface area contributed by atoms with Crippen molar-refractivity contribution in [2.24, 2.45) is 0 Å².